The SMILES string of the molecule is Nc1nc2cc3c(cc2s1)C[C@H]1[C@@H]2CCCC[C@@]32CCN1CC1CCC1. The minimum absolute atomic E-state index is 0.430. The van der Waals surface area contributed by atoms with Gasteiger partial charge in [-0.15, -0.1) is 0 Å². The lowest BCUT2D eigenvalue weighted by molar-refractivity contribution is -0.0238. The molecule has 0 spiro atoms. The first-order chi connectivity index (χ1) is 12.7. The van der Waals surface area contributed by atoms with Gasteiger partial charge in [-0.2, -0.15) is 0 Å². The molecule has 0 amide bonds. The van der Waals surface area contributed by atoms with Gasteiger partial charge in [0.05, 0.1) is 10.2 Å². The number of hydrogen-bond acceptors (Lipinski definition) is 4. The van der Waals surface area contributed by atoms with E-state index in [9.17, 15) is 0 Å². The molecular formula is C22H29N3S. The maximum Gasteiger partial charge on any atom is 0.181 e. The van der Waals surface area contributed by atoms with Gasteiger partial charge in [0.15, 0.2) is 5.13 Å². The van der Waals surface area contributed by atoms with Crippen molar-refractivity contribution in [1.82, 2.24) is 9.88 Å². The van der Waals surface area contributed by atoms with E-state index in [4.69, 9.17) is 5.73 Å². The zero-order valence-corrected chi connectivity index (χ0v) is 16.4. The number of rotatable bonds is 2. The molecule has 1 saturated heterocycles. The summed E-state index contributed by atoms with van der Waals surface area (Å²) < 4.78 is 1.29. The number of nitrogens with two attached hydrogens (primary N) is 1. The summed E-state index contributed by atoms with van der Waals surface area (Å²) in [6.07, 6.45) is 12.7. The highest BCUT2D eigenvalue weighted by Crippen LogP contribution is 2.56. The number of benzene rings is 1. The molecule has 2 bridgehead atoms. The summed E-state index contributed by atoms with van der Waals surface area (Å²) in [4.78, 5) is 7.53. The molecule has 26 heavy (non-hydrogen) atoms. The Balaban J connectivity index is 1.46. The van der Waals surface area contributed by atoms with E-state index in [0.29, 0.717) is 5.41 Å². The normalized spacial score (nSPS) is 34.3. The zero-order valence-electron chi connectivity index (χ0n) is 15.5. The summed E-state index contributed by atoms with van der Waals surface area (Å²) in [6, 6.07) is 5.67. The standard InChI is InChI=1S/C22H29N3S/c23-21-24-18-12-17-15(11-20(18)26-21)10-19-16-6-1-2-7-22(16,17)8-9-25(19)13-14-4-3-5-14/h11-12,14,16,19H,1-10,13H2,(H2,23,24)/t16-,19-,22-/m0/s1. The number of piperidine rings is 1. The highest BCUT2D eigenvalue weighted by atomic mass is 32.1. The van der Waals surface area contributed by atoms with Crippen molar-refractivity contribution in [3.63, 3.8) is 0 Å². The monoisotopic (exact) mass is 367 g/mol. The predicted octanol–water partition coefficient (Wildman–Crippen LogP) is 4.74. The van der Waals surface area contributed by atoms with Crippen LogP contribution in [0.4, 0.5) is 5.13 Å². The van der Waals surface area contributed by atoms with Crippen LogP contribution in [-0.4, -0.2) is 29.0 Å². The van der Waals surface area contributed by atoms with Crippen LogP contribution < -0.4 is 5.73 Å². The van der Waals surface area contributed by atoms with Gasteiger partial charge in [-0.3, -0.25) is 4.90 Å². The number of nitrogen functional groups attached to an aromatic ring is 1. The summed E-state index contributed by atoms with van der Waals surface area (Å²) in [6.45, 7) is 2.68. The lowest BCUT2D eigenvalue weighted by atomic mass is 9.52. The Hall–Kier alpha value is -1.13. The molecule has 3 atom stereocenters. The Morgan fingerprint density at radius 3 is 2.92 bits per heavy atom. The minimum atomic E-state index is 0.430. The molecule has 3 nitrogen and oxygen atoms in total. The van der Waals surface area contributed by atoms with Gasteiger partial charge in [0.1, 0.15) is 0 Å². The van der Waals surface area contributed by atoms with Crippen molar-refractivity contribution >= 4 is 26.7 Å². The molecule has 1 aromatic carbocycles. The third-order valence-electron chi connectivity index (χ3n) is 8.19. The minimum Gasteiger partial charge on any atom is -0.375 e. The summed E-state index contributed by atoms with van der Waals surface area (Å²) >= 11 is 1.66. The quantitative estimate of drug-likeness (QED) is 0.834. The molecule has 3 fully saturated rings. The Morgan fingerprint density at radius 2 is 2.08 bits per heavy atom. The number of thiazole rings is 1. The number of aromatic nitrogens is 1. The molecule has 4 aliphatic rings. The maximum absolute atomic E-state index is 6.02. The Bertz CT molecular complexity index is 854. The van der Waals surface area contributed by atoms with Crippen molar-refractivity contribution in [2.75, 3.05) is 18.8 Å². The highest BCUT2D eigenvalue weighted by Gasteiger charge is 2.54. The van der Waals surface area contributed by atoms with Crippen LogP contribution in [0.2, 0.25) is 0 Å². The van der Waals surface area contributed by atoms with Crippen LogP contribution in [0.15, 0.2) is 12.1 Å². The van der Waals surface area contributed by atoms with Gasteiger partial charge in [-0.05, 0) is 80.2 Å². The maximum atomic E-state index is 6.02. The average molecular weight is 368 g/mol. The van der Waals surface area contributed by atoms with Crippen molar-refractivity contribution in [3.05, 3.63) is 23.3 Å². The van der Waals surface area contributed by atoms with Crippen molar-refractivity contribution in [3.8, 4) is 0 Å². The third-order valence-corrected chi connectivity index (χ3v) is 9.04. The van der Waals surface area contributed by atoms with Crippen molar-refractivity contribution in [1.29, 1.82) is 0 Å². The molecule has 2 aromatic rings. The van der Waals surface area contributed by atoms with Crippen LogP contribution in [-0.2, 0) is 11.8 Å². The number of nitrogens with zero attached hydrogens (tertiary/aromatic N) is 2. The van der Waals surface area contributed by atoms with E-state index in [-0.39, 0.29) is 0 Å². The molecule has 1 aliphatic heterocycles. The predicted molar refractivity (Wildman–Crippen MR) is 109 cm³/mol. The van der Waals surface area contributed by atoms with E-state index < -0.39 is 0 Å². The van der Waals surface area contributed by atoms with Crippen LogP contribution in [0.1, 0.15) is 62.5 Å². The van der Waals surface area contributed by atoms with Gasteiger partial charge >= 0.3 is 0 Å². The van der Waals surface area contributed by atoms with Crippen molar-refractivity contribution in [2.24, 2.45) is 11.8 Å². The second-order valence-electron chi connectivity index (χ2n) is 9.35. The molecular weight excluding hydrogens is 338 g/mol. The van der Waals surface area contributed by atoms with Crippen LogP contribution in [0, 0.1) is 11.8 Å². The van der Waals surface area contributed by atoms with Gasteiger partial charge in [-0.25, -0.2) is 4.98 Å². The van der Waals surface area contributed by atoms with Gasteiger partial charge in [-0.1, -0.05) is 30.6 Å². The van der Waals surface area contributed by atoms with E-state index >= 15 is 0 Å². The smallest absolute Gasteiger partial charge is 0.181 e. The van der Waals surface area contributed by atoms with Gasteiger partial charge in [0.25, 0.3) is 0 Å². The Morgan fingerprint density at radius 1 is 1.15 bits per heavy atom. The molecule has 4 heteroatoms. The van der Waals surface area contributed by atoms with Gasteiger partial charge < -0.3 is 5.73 Å². The number of hydrogen-bond donors (Lipinski definition) is 1. The topological polar surface area (TPSA) is 42.1 Å². The van der Waals surface area contributed by atoms with Gasteiger partial charge in [0.2, 0.25) is 0 Å². The van der Waals surface area contributed by atoms with Crippen LogP contribution in [0.3, 0.4) is 0 Å². The molecule has 2 saturated carbocycles. The lowest BCUT2D eigenvalue weighted by Crippen LogP contribution is -2.61. The molecule has 138 valence electrons. The molecule has 2 heterocycles. The van der Waals surface area contributed by atoms with Crippen LogP contribution in [0.25, 0.3) is 10.2 Å². The fourth-order valence-corrected chi connectivity index (χ4v) is 7.55. The summed E-state index contributed by atoms with van der Waals surface area (Å²) in [5, 5.41) is 0.717. The van der Waals surface area contributed by atoms with Crippen LogP contribution >= 0.6 is 11.3 Å². The molecule has 6 rings (SSSR count). The Kier molecular flexibility index (Phi) is 3.47. The van der Waals surface area contributed by atoms with Crippen molar-refractivity contribution < 1.29 is 0 Å². The average Bonchev–Trinajstić information content (AvgIpc) is 2.97. The molecule has 3 aliphatic carbocycles. The van der Waals surface area contributed by atoms with E-state index in [1.54, 1.807) is 22.5 Å². The van der Waals surface area contributed by atoms with Gasteiger partial charge in [0, 0.05) is 18.0 Å². The fraction of sp³-hybridized carbons (Fsp3) is 0.682. The lowest BCUT2D eigenvalue weighted by Gasteiger charge is -2.59. The molecule has 2 N–H and O–H groups in total. The second kappa shape index (κ2) is 5.68. The first-order valence-corrected chi connectivity index (χ1v) is 11.5. The van der Waals surface area contributed by atoms with E-state index in [2.05, 4.69) is 22.0 Å². The summed E-state index contributed by atoms with van der Waals surface area (Å²) in [7, 11) is 0. The summed E-state index contributed by atoms with van der Waals surface area (Å²) in [5.74, 6) is 1.85. The highest BCUT2D eigenvalue weighted by molar-refractivity contribution is 7.22. The number of anilines is 1. The Labute approximate surface area is 160 Å². The van der Waals surface area contributed by atoms with E-state index in [1.807, 2.05) is 0 Å². The van der Waals surface area contributed by atoms with E-state index in [0.717, 1.165) is 28.5 Å². The first kappa shape index (κ1) is 15.9. The number of fused-ring (bicyclic) bond motifs is 2. The van der Waals surface area contributed by atoms with E-state index in [1.165, 1.54) is 75.6 Å². The summed E-state index contributed by atoms with van der Waals surface area (Å²) in [5.41, 5.74) is 10.9. The first-order valence-electron chi connectivity index (χ1n) is 10.7. The van der Waals surface area contributed by atoms with Crippen LogP contribution in [0.5, 0.6) is 0 Å². The second-order valence-corrected chi connectivity index (χ2v) is 10.4. The third kappa shape index (κ3) is 2.18. The number of likely N-dealkylation sites (tertiary alicyclic amines) is 1. The molecule has 0 radical (unpaired) electrons. The fourth-order valence-electron chi connectivity index (χ4n) is 6.77. The molecule has 0 unspecified atom stereocenters. The molecule has 1 aromatic heterocycles. The zero-order chi connectivity index (χ0) is 17.3. The van der Waals surface area contributed by atoms with Crippen molar-refractivity contribution in [2.45, 2.75) is 69.2 Å². The largest absolute Gasteiger partial charge is 0.375 e.